The smallest absolute Gasteiger partial charge is 0.255 e. The molecule has 1 aliphatic carbocycles. The molecule has 0 aromatic heterocycles. The molecule has 0 spiro atoms. The van der Waals surface area contributed by atoms with Crippen molar-refractivity contribution < 1.29 is 14.4 Å². The molecule has 1 aromatic rings. The van der Waals surface area contributed by atoms with Gasteiger partial charge >= 0.3 is 0 Å². The molecule has 3 N–H and O–H groups in total. The lowest BCUT2D eigenvalue weighted by Gasteiger charge is -2.34. The van der Waals surface area contributed by atoms with E-state index in [1.54, 1.807) is 4.90 Å². The summed E-state index contributed by atoms with van der Waals surface area (Å²) in [6, 6.07) is 6.15. The number of nitrogens with one attached hydrogen (secondary N) is 3. The molecule has 3 aliphatic rings. The summed E-state index contributed by atoms with van der Waals surface area (Å²) >= 11 is 0. The van der Waals surface area contributed by atoms with E-state index >= 15 is 0 Å². The molecule has 2 aliphatic heterocycles. The monoisotopic (exact) mass is 412 g/mol. The Balaban J connectivity index is 1.44. The molecule has 1 aromatic carbocycles. The molecule has 0 radical (unpaired) electrons. The maximum absolute atomic E-state index is 12.9. The fraction of sp³-hybridized carbons (Fsp3) is 0.609. The van der Waals surface area contributed by atoms with E-state index in [-0.39, 0.29) is 24.1 Å². The van der Waals surface area contributed by atoms with Crippen molar-refractivity contribution in [3.05, 3.63) is 29.3 Å². The number of rotatable bonds is 6. The highest BCUT2D eigenvalue weighted by Gasteiger charge is 2.39. The van der Waals surface area contributed by atoms with E-state index in [1.807, 2.05) is 18.2 Å². The van der Waals surface area contributed by atoms with Gasteiger partial charge in [0.2, 0.25) is 11.8 Å². The van der Waals surface area contributed by atoms with Gasteiger partial charge in [-0.2, -0.15) is 0 Å². The molecular weight excluding hydrogens is 380 g/mol. The maximum Gasteiger partial charge on any atom is 0.255 e. The van der Waals surface area contributed by atoms with E-state index in [0.717, 1.165) is 24.2 Å². The lowest BCUT2D eigenvalue weighted by molar-refractivity contribution is -0.136. The van der Waals surface area contributed by atoms with Crippen LogP contribution in [-0.2, 0) is 16.1 Å². The number of hydrogen-bond acceptors (Lipinski definition) is 5. The van der Waals surface area contributed by atoms with Crippen LogP contribution in [0.3, 0.4) is 0 Å². The van der Waals surface area contributed by atoms with Gasteiger partial charge in [0.05, 0.1) is 0 Å². The second kappa shape index (κ2) is 8.76. The van der Waals surface area contributed by atoms with Crippen LogP contribution in [0.1, 0.15) is 68.3 Å². The van der Waals surface area contributed by atoms with Gasteiger partial charge < -0.3 is 15.5 Å². The minimum absolute atomic E-state index is 0.125. The molecule has 2 heterocycles. The van der Waals surface area contributed by atoms with Gasteiger partial charge in [-0.25, -0.2) is 0 Å². The first-order valence-corrected chi connectivity index (χ1v) is 11.2. The molecule has 1 saturated heterocycles. The third-order valence-corrected chi connectivity index (χ3v) is 6.43. The standard InChI is InChI=1S/C23H32N4O3/c1-14(2)12-24-18-5-3-4-6-19(18)25-16-7-8-17-15(11-16)13-27(23(17)30)20-9-10-21(28)26-22(20)29/h7-8,11,14,18-20,24-25H,3-6,9-10,12-13H2,1-2H3,(H,26,28,29)/t18-,19-,20?/m1/s1. The highest BCUT2D eigenvalue weighted by atomic mass is 16.2. The van der Waals surface area contributed by atoms with Crippen molar-refractivity contribution in [1.29, 1.82) is 0 Å². The first kappa shape index (κ1) is 20.8. The van der Waals surface area contributed by atoms with Crippen LogP contribution in [0.5, 0.6) is 0 Å². The number of fused-ring (bicyclic) bond motifs is 1. The van der Waals surface area contributed by atoms with E-state index in [0.29, 0.717) is 36.5 Å². The summed E-state index contributed by atoms with van der Waals surface area (Å²) in [6.45, 7) is 5.88. The number of hydrogen-bond donors (Lipinski definition) is 3. The largest absolute Gasteiger partial charge is 0.381 e. The molecular formula is C23H32N4O3. The average molecular weight is 413 g/mol. The Morgan fingerprint density at radius 2 is 1.87 bits per heavy atom. The predicted octanol–water partition coefficient (Wildman–Crippen LogP) is 2.42. The van der Waals surface area contributed by atoms with Crippen LogP contribution in [0.15, 0.2) is 18.2 Å². The van der Waals surface area contributed by atoms with Crippen LogP contribution in [0.25, 0.3) is 0 Å². The number of anilines is 1. The Morgan fingerprint density at radius 1 is 1.10 bits per heavy atom. The number of carbonyl (C=O) groups is 3. The molecule has 2 fully saturated rings. The minimum Gasteiger partial charge on any atom is -0.381 e. The lowest BCUT2D eigenvalue weighted by atomic mass is 9.89. The van der Waals surface area contributed by atoms with E-state index in [2.05, 4.69) is 29.8 Å². The van der Waals surface area contributed by atoms with E-state index < -0.39 is 6.04 Å². The molecule has 0 bridgehead atoms. The SMILES string of the molecule is CC(C)CN[C@@H]1CCCC[C@H]1Nc1ccc2c(c1)CN(C1CCC(=O)NC1=O)C2=O. The van der Waals surface area contributed by atoms with Crippen molar-refractivity contribution in [2.45, 2.75) is 77.0 Å². The van der Waals surface area contributed by atoms with Gasteiger partial charge in [-0.3, -0.25) is 19.7 Å². The predicted molar refractivity (Wildman–Crippen MR) is 115 cm³/mol. The Kier molecular flexibility index (Phi) is 6.09. The normalized spacial score (nSPS) is 26.7. The molecule has 4 rings (SSSR count). The molecule has 162 valence electrons. The number of benzene rings is 1. The van der Waals surface area contributed by atoms with Crippen molar-refractivity contribution in [3.63, 3.8) is 0 Å². The third-order valence-electron chi connectivity index (χ3n) is 6.43. The summed E-state index contributed by atoms with van der Waals surface area (Å²) in [4.78, 5) is 38.1. The Hall–Kier alpha value is -2.41. The van der Waals surface area contributed by atoms with Crippen molar-refractivity contribution in [1.82, 2.24) is 15.5 Å². The lowest BCUT2D eigenvalue weighted by Crippen LogP contribution is -2.52. The number of amides is 3. The fourth-order valence-corrected chi connectivity index (χ4v) is 4.81. The molecule has 7 heteroatoms. The third kappa shape index (κ3) is 4.36. The van der Waals surface area contributed by atoms with Crippen LogP contribution in [0.4, 0.5) is 5.69 Å². The van der Waals surface area contributed by atoms with Crippen molar-refractivity contribution in [2.75, 3.05) is 11.9 Å². The Bertz CT molecular complexity index is 838. The van der Waals surface area contributed by atoms with Crippen molar-refractivity contribution >= 4 is 23.4 Å². The average Bonchev–Trinajstić information content (AvgIpc) is 3.03. The van der Waals surface area contributed by atoms with Crippen LogP contribution in [0.2, 0.25) is 0 Å². The first-order valence-electron chi connectivity index (χ1n) is 11.2. The summed E-state index contributed by atoms with van der Waals surface area (Å²) in [5, 5.41) is 9.76. The second-order valence-corrected chi connectivity index (χ2v) is 9.22. The highest BCUT2D eigenvalue weighted by molar-refractivity contribution is 6.05. The van der Waals surface area contributed by atoms with Gasteiger partial charge in [0, 0.05) is 36.3 Å². The summed E-state index contributed by atoms with van der Waals surface area (Å²) < 4.78 is 0. The van der Waals surface area contributed by atoms with Crippen LogP contribution >= 0.6 is 0 Å². The molecule has 7 nitrogen and oxygen atoms in total. The quantitative estimate of drug-likeness (QED) is 0.625. The van der Waals surface area contributed by atoms with Gasteiger partial charge in [-0.05, 0) is 55.5 Å². The number of nitrogens with zero attached hydrogens (tertiary/aromatic N) is 1. The molecule has 30 heavy (non-hydrogen) atoms. The van der Waals surface area contributed by atoms with E-state index in [4.69, 9.17) is 0 Å². The van der Waals surface area contributed by atoms with Gasteiger partial charge in [0.15, 0.2) is 0 Å². The minimum atomic E-state index is -0.568. The summed E-state index contributed by atoms with van der Waals surface area (Å²) in [5.74, 6) is -0.135. The van der Waals surface area contributed by atoms with Gasteiger partial charge in [-0.15, -0.1) is 0 Å². The van der Waals surface area contributed by atoms with E-state index in [9.17, 15) is 14.4 Å². The zero-order valence-corrected chi connectivity index (χ0v) is 17.9. The topological polar surface area (TPSA) is 90.5 Å². The number of piperidine rings is 1. The zero-order chi connectivity index (χ0) is 21.3. The fourth-order valence-electron chi connectivity index (χ4n) is 4.81. The number of carbonyl (C=O) groups excluding carboxylic acids is 3. The van der Waals surface area contributed by atoms with Crippen LogP contribution in [-0.4, -0.2) is 47.3 Å². The molecule has 3 atom stereocenters. The molecule has 1 saturated carbocycles. The van der Waals surface area contributed by atoms with Gasteiger partial charge in [0.25, 0.3) is 5.91 Å². The first-order chi connectivity index (χ1) is 14.4. The summed E-state index contributed by atoms with van der Waals surface area (Å²) in [6.07, 6.45) is 5.46. The van der Waals surface area contributed by atoms with Gasteiger partial charge in [0.1, 0.15) is 6.04 Å². The Labute approximate surface area is 178 Å². The Morgan fingerprint density at radius 3 is 2.60 bits per heavy atom. The zero-order valence-electron chi connectivity index (χ0n) is 17.9. The summed E-state index contributed by atoms with van der Waals surface area (Å²) in [7, 11) is 0. The number of imide groups is 1. The van der Waals surface area contributed by atoms with Crippen LogP contribution < -0.4 is 16.0 Å². The second-order valence-electron chi connectivity index (χ2n) is 9.22. The summed E-state index contributed by atoms with van der Waals surface area (Å²) in [5.41, 5.74) is 2.62. The molecule has 3 amide bonds. The molecule has 1 unspecified atom stereocenters. The van der Waals surface area contributed by atoms with E-state index in [1.165, 1.54) is 19.3 Å². The van der Waals surface area contributed by atoms with Crippen molar-refractivity contribution in [2.24, 2.45) is 5.92 Å². The highest BCUT2D eigenvalue weighted by Crippen LogP contribution is 2.30. The van der Waals surface area contributed by atoms with Crippen molar-refractivity contribution in [3.8, 4) is 0 Å². The van der Waals surface area contributed by atoms with Crippen LogP contribution in [0, 0.1) is 5.92 Å². The maximum atomic E-state index is 12.9. The van der Waals surface area contributed by atoms with Gasteiger partial charge in [-0.1, -0.05) is 26.7 Å².